The molecule has 0 fully saturated rings. The van der Waals surface area contributed by atoms with E-state index in [2.05, 4.69) is 10.5 Å². The summed E-state index contributed by atoms with van der Waals surface area (Å²) in [5.41, 5.74) is 0.907. The van der Waals surface area contributed by atoms with E-state index in [1.807, 2.05) is 12.3 Å². The Balaban J connectivity index is 2.19. The minimum atomic E-state index is 0.449. The highest BCUT2D eigenvalue weighted by molar-refractivity contribution is 7.98. The number of aromatic nitrogens is 1. The van der Waals surface area contributed by atoms with Gasteiger partial charge in [-0.05, 0) is 12.2 Å². The van der Waals surface area contributed by atoms with E-state index < -0.39 is 0 Å². The summed E-state index contributed by atoms with van der Waals surface area (Å²) < 4.78 is 4.71. The van der Waals surface area contributed by atoms with Crippen molar-refractivity contribution < 1.29 is 4.52 Å². The molecule has 16 heavy (non-hydrogen) atoms. The molecule has 1 N–H and O–H groups in total. The molecule has 1 rings (SSSR count). The summed E-state index contributed by atoms with van der Waals surface area (Å²) in [6.07, 6.45) is 3.58. The van der Waals surface area contributed by atoms with Gasteiger partial charge in [-0.25, -0.2) is 0 Å². The highest BCUT2D eigenvalue weighted by atomic mass is 32.2. The number of nitrogens with zero attached hydrogens (tertiary/aromatic N) is 3. The molecular formula is C9H12N4OS2. The minimum Gasteiger partial charge on any atom is -0.365 e. The van der Waals surface area contributed by atoms with Gasteiger partial charge in [-0.3, -0.25) is 4.90 Å². The molecule has 0 saturated heterocycles. The Labute approximate surface area is 104 Å². The molecular weight excluding hydrogens is 244 g/mol. The summed E-state index contributed by atoms with van der Waals surface area (Å²) in [4.78, 5) is 1.45. The van der Waals surface area contributed by atoms with Crippen molar-refractivity contribution >= 4 is 29.1 Å². The molecule has 7 heteroatoms. The maximum Gasteiger partial charge on any atom is 0.186 e. The van der Waals surface area contributed by atoms with Gasteiger partial charge in [0.1, 0.15) is 6.26 Å². The van der Waals surface area contributed by atoms with E-state index in [0.29, 0.717) is 11.7 Å². The molecule has 1 aromatic rings. The fourth-order valence-electron chi connectivity index (χ4n) is 0.976. The van der Waals surface area contributed by atoms with Gasteiger partial charge < -0.3 is 9.84 Å². The quantitative estimate of drug-likeness (QED) is 0.367. The van der Waals surface area contributed by atoms with Crippen LogP contribution in [0.1, 0.15) is 5.69 Å². The van der Waals surface area contributed by atoms with Gasteiger partial charge >= 0.3 is 0 Å². The highest BCUT2D eigenvalue weighted by Crippen LogP contribution is 2.09. The van der Waals surface area contributed by atoms with E-state index in [4.69, 9.17) is 22.0 Å². The van der Waals surface area contributed by atoms with Crippen molar-refractivity contribution in [3.63, 3.8) is 0 Å². The smallest absolute Gasteiger partial charge is 0.186 e. The predicted molar refractivity (Wildman–Crippen MR) is 66.6 cm³/mol. The van der Waals surface area contributed by atoms with Gasteiger partial charge in [0.2, 0.25) is 0 Å². The van der Waals surface area contributed by atoms with Crippen LogP contribution in [0.5, 0.6) is 0 Å². The van der Waals surface area contributed by atoms with E-state index in [1.165, 1.54) is 4.90 Å². The second-order valence-electron chi connectivity index (χ2n) is 2.85. The number of nitrogens with one attached hydrogen (secondary N) is 1. The van der Waals surface area contributed by atoms with Gasteiger partial charge in [-0.2, -0.15) is 17.0 Å². The maximum atomic E-state index is 8.82. The standard InChI is InChI=1S/C9H12N4OS2/c1-11-9(15)13(7-10)3-5-16-6-8-2-4-14-12-8/h2,4H,3,5-6H2,1H3,(H,11,15). The van der Waals surface area contributed by atoms with Crippen molar-refractivity contribution in [2.45, 2.75) is 5.75 Å². The Morgan fingerprint density at radius 1 is 1.81 bits per heavy atom. The zero-order valence-corrected chi connectivity index (χ0v) is 10.5. The first-order chi connectivity index (χ1) is 7.77. The summed E-state index contributed by atoms with van der Waals surface area (Å²) in [6.45, 7) is 0.596. The zero-order chi connectivity index (χ0) is 11.8. The van der Waals surface area contributed by atoms with Crippen LogP contribution in [0.2, 0.25) is 0 Å². The molecule has 0 aliphatic carbocycles. The van der Waals surface area contributed by atoms with Gasteiger partial charge in [0.15, 0.2) is 11.3 Å². The van der Waals surface area contributed by atoms with Crippen LogP contribution in [0.15, 0.2) is 16.9 Å². The third-order valence-electron chi connectivity index (χ3n) is 1.78. The maximum absolute atomic E-state index is 8.82. The first-order valence-electron chi connectivity index (χ1n) is 4.64. The van der Waals surface area contributed by atoms with Gasteiger partial charge in [0.05, 0.1) is 5.69 Å². The highest BCUT2D eigenvalue weighted by Gasteiger charge is 2.06. The molecule has 0 aliphatic rings. The average Bonchev–Trinajstić information content (AvgIpc) is 2.81. The third kappa shape index (κ3) is 4.08. The van der Waals surface area contributed by atoms with Crippen LogP contribution < -0.4 is 5.32 Å². The molecule has 0 unspecified atom stereocenters. The Hall–Kier alpha value is -1.26. The molecule has 0 spiro atoms. The van der Waals surface area contributed by atoms with Gasteiger partial charge in [0.25, 0.3) is 0 Å². The van der Waals surface area contributed by atoms with Gasteiger partial charge in [-0.15, -0.1) is 0 Å². The lowest BCUT2D eigenvalue weighted by molar-refractivity contribution is 0.414. The summed E-state index contributed by atoms with van der Waals surface area (Å²) >= 11 is 6.64. The van der Waals surface area contributed by atoms with Crippen molar-refractivity contribution in [3.8, 4) is 6.19 Å². The largest absolute Gasteiger partial charge is 0.365 e. The van der Waals surface area contributed by atoms with Crippen LogP contribution in [-0.2, 0) is 5.75 Å². The third-order valence-corrected chi connectivity index (χ3v) is 3.18. The van der Waals surface area contributed by atoms with Crippen LogP contribution >= 0.6 is 24.0 Å². The summed E-state index contributed by atoms with van der Waals surface area (Å²) in [5.74, 6) is 1.59. The van der Waals surface area contributed by atoms with Crippen molar-refractivity contribution in [3.05, 3.63) is 18.0 Å². The average molecular weight is 256 g/mol. The number of nitriles is 1. The van der Waals surface area contributed by atoms with Gasteiger partial charge in [0, 0.05) is 31.2 Å². The Morgan fingerprint density at radius 3 is 3.19 bits per heavy atom. The second kappa shape index (κ2) is 7.09. The molecule has 0 radical (unpaired) electrons. The zero-order valence-electron chi connectivity index (χ0n) is 8.84. The number of rotatable bonds is 5. The monoisotopic (exact) mass is 256 g/mol. The van der Waals surface area contributed by atoms with Gasteiger partial charge in [-0.1, -0.05) is 5.16 Å². The molecule has 0 atom stereocenters. The lowest BCUT2D eigenvalue weighted by atomic mass is 10.5. The normalized spacial score (nSPS) is 9.50. The Bertz CT molecular complexity index is 360. The van der Waals surface area contributed by atoms with Crippen molar-refractivity contribution in [1.82, 2.24) is 15.4 Å². The van der Waals surface area contributed by atoms with E-state index in [1.54, 1.807) is 25.1 Å². The molecule has 0 aliphatic heterocycles. The first-order valence-corrected chi connectivity index (χ1v) is 6.20. The van der Waals surface area contributed by atoms with E-state index in [9.17, 15) is 0 Å². The summed E-state index contributed by atoms with van der Waals surface area (Å²) in [6, 6.07) is 1.83. The number of thioether (sulfide) groups is 1. The topological polar surface area (TPSA) is 65.1 Å². The number of hydrogen-bond acceptors (Lipinski definition) is 5. The second-order valence-corrected chi connectivity index (χ2v) is 4.34. The van der Waals surface area contributed by atoms with E-state index >= 15 is 0 Å². The van der Waals surface area contributed by atoms with Crippen molar-refractivity contribution in [2.75, 3.05) is 19.3 Å². The molecule has 0 aromatic carbocycles. The van der Waals surface area contributed by atoms with Crippen molar-refractivity contribution in [1.29, 1.82) is 5.26 Å². The van der Waals surface area contributed by atoms with Crippen LogP contribution in [0, 0.1) is 11.5 Å². The predicted octanol–water partition coefficient (Wildman–Crippen LogP) is 1.20. The molecule has 1 heterocycles. The Morgan fingerprint density at radius 2 is 2.62 bits per heavy atom. The summed E-state index contributed by atoms with van der Waals surface area (Å²) in [7, 11) is 1.70. The van der Waals surface area contributed by atoms with Crippen molar-refractivity contribution in [2.24, 2.45) is 0 Å². The number of thiocarbonyl (C=S) groups is 1. The summed E-state index contributed by atoms with van der Waals surface area (Å²) in [5, 5.41) is 15.8. The molecule has 0 saturated carbocycles. The first kappa shape index (κ1) is 12.8. The molecule has 0 bridgehead atoms. The SMILES string of the molecule is CNC(=S)N(C#N)CCSCc1ccon1. The molecule has 5 nitrogen and oxygen atoms in total. The van der Waals surface area contributed by atoms with Crippen LogP contribution in [-0.4, -0.2) is 34.5 Å². The van der Waals surface area contributed by atoms with E-state index in [0.717, 1.165) is 17.2 Å². The Kier molecular flexibility index (Phi) is 5.67. The molecule has 1 aromatic heterocycles. The van der Waals surface area contributed by atoms with Crippen LogP contribution in [0.3, 0.4) is 0 Å². The molecule has 86 valence electrons. The van der Waals surface area contributed by atoms with Crippen LogP contribution in [0.25, 0.3) is 0 Å². The van der Waals surface area contributed by atoms with Crippen LogP contribution in [0.4, 0.5) is 0 Å². The van der Waals surface area contributed by atoms with E-state index in [-0.39, 0.29) is 0 Å². The fourth-order valence-corrected chi connectivity index (χ4v) is 1.92. The minimum absolute atomic E-state index is 0.449. The molecule has 0 amide bonds. The number of hydrogen-bond donors (Lipinski definition) is 1. The fraction of sp³-hybridized carbons (Fsp3) is 0.444. The lowest BCUT2D eigenvalue weighted by Crippen LogP contribution is -2.35. The lowest BCUT2D eigenvalue weighted by Gasteiger charge is -2.14.